The van der Waals surface area contributed by atoms with Crippen molar-refractivity contribution in [1.29, 1.82) is 0 Å². The summed E-state index contributed by atoms with van der Waals surface area (Å²) in [5.41, 5.74) is 9.43. The first-order valence-electron chi connectivity index (χ1n) is 11.7. The Morgan fingerprint density at radius 1 is 1.00 bits per heavy atom. The molecule has 0 saturated carbocycles. The molecule has 0 aliphatic carbocycles. The Morgan fingerprint density at radius 3 is 2.38 bits per heavy atom. The number of hydrogen-bond donors (Lipinski definition) is 2. The fourth-order valence-electron chi connectivity index (χ4n) is 4.10. The van der Waals surface area contributed by atoms with E-state index in [1.807, 2.05) is 41.1 Å². The van der Waals surface area contributed by atoms with Gasteiger partial charge < -0.3 is 20.1 Å². The topological polar surface area (TPSA) is 94.5 Å². The zero-order valence-electron chi connectivity index (χ0n) is 20.4. The highest BCUT2D eigenvalue weighted by Crippen LogP contribution is 2.31. The van der Waals surface area contributed by atoms with Crippen molar-refractivity contribution in [3.63, 3.8) is 0 Å². The first-order valence-corrected chi connectivity index (χ1v) is 12.4. The van der Waals surface area contributed by atoms with Gasteiger partial charge in [-0.2, -0.15) is 0 Å². The second-order valence-corrected chi connectivity index (χ2v) is 9.78. The molecular weight excluding hydrogens is 511 g/mol. The number of ether oxygens (including phenoxy) is 1. The molecular formula is C29H26Cl2N2O4. The van der Waals surface area contributed by atoms with Gasteiger partial charge in [0.2, 0.25) is 0 Å². The summed E-state index contributed by atoms with van der Waals surface area (Å²) < 4.78 is 8.05. The van der Waals surface area contributed by atoms with Crippen LogP contribution >= 0.6 is 23.2 Å². The number of fused-ring (bicyclic) bond motifs is 1. The zero-order valence-corrected chi connectivity index (χ0v) is 21.9. The summed E-state index contributed by atoms with van der Waals surface area (Å²) >= 11 is 12.7. The molecule has 1 aromatic heterocycles. The lowest BCUT2D eigenvalue weighted by atomic mass is 9.97. The van der Waals surface area contributed by atoms with Crippen LogP contribution in [0.3, 0.4) is 0 Å². The van der Waals surface area contributed by atoms with E-state index in [2.05, 4.69) is 0 Å². The minimum atomic E-state index is -0.956. The predicted octanol–water partition coefficient (Wildman–Crippen LogP) is 6.67. The van der Waals surface area contributed by atoms with E-state index in [0.717, 1.165) is 16.5 Å². The molecule has 3 N–H and O–H groups in total. The van der Waals surface area contributed by atoms with Gasteiger partial charge in [0, 0.05) is 35.1 Å². The Balaban J connectivity index is 1.59. The molecule has 0 unspecified atom stereocenters. The highest BCUT2D eigenvalue weighted by atomic mass is 35.5. The minimum absolute atomic E-state index is 0.0431. The summed E-state index contributed by atoms with van der Waals surface area (Å²) in [5, 5.41) is 10.9. The van der Waals surface area contributed by atoms with Crippen molar-refractivity contribution >= 4 is 51.6 Å². The van der Waals surface area contributed by atoms with Gasteiger partial charge in [-0.05, 0) is 54.1 Å². The normalized spacial score (nSPS) is 12.0. The van der Waals surface area contributed by atoms with Gasteiger partial charge in [0.1, 0.15) is 12.4 Å². The van der Waals surface area contributed by atoms with E-state index in [1.54, 1.807) is 50.2 Å². The standard InChI is InChI=1S/C29H26Cl2N2O4/c1-17(2)28(34)22(27(32)26-23(30)7-4-8-24(26)31)16-37-21-9-10-25-19(14-21)11-12-33(25)15-18-5-3-6-20(13-18)29(35)36/h3-14,17H,15-16,32H2,1-2H3,(H,35,36)/b27-22-. The van der Waals surface area contributed by atoms with E-state index in [9.17, 15) is 14.7 Å². The quantitative estimate of drug-likeness (QED) is 0.233. The van der Waals surface area contributed by atoms with Crippen LogP contribution in [0.25, 0.3) is 16.6 Å². The molecule has 0 saturated heterocycles. The molecule has 4 rings (SSSR count). The molecule has 0 radical (unpaired) electrons. The number of carboxylic acids is 1. The highest BCUT2D eigenvalue weighted by Gasteiger charge is 2.22. The van der Waals surface area contributed by atoms with Gasteiger partial charge in [0.05, 0.1) is 26.9 Å². The Hall–Kier alpha value is -3.74. The first-order chi connectivity index (χ1) is 17.7. The third-order valence-electron chi connectivity index (χ3n) is 6.03. The molecule has 3 aromatic carbocycles. The molecule has 0 aliphatic rings. The van der Waals surface area contributed by atoms with Crippen molar-refractivity contribution < 1.29 is 19.4 Å². The number of benzene rings is 3. The summed E-state index contributed by atoms with van der Waals surface area (Å²) in [4.78, 5) is 24.3. The van der Waals surface area contributed by atoms with Crippen molar-refractivity contribution in [3.8, 4) is 5.75 Å². The van der Waals surface area contributed by atoms with Gasteiger partial charge in [-0.3, -0.25) is 4.79 Å². The molecule has 0 aliphatic heterocycles. The Kier molecular flexibility index (Phi) is 7.91. The number of hydrogen-bond acceptors (Lipinski definition) is 4. The molecule has 190 valence electrons. The van der Waals surface area contributed by atoms with Gasteiger partial charge in [0.25, 0.3) is 0 Å². The van der Waals surface area contributed by atoms with Crippen LogP contribution in [-0.4, -0.2) is 28.0 Å². The van der Waals surface area contributed by atoms with E-state index in [-0.39, 0.29) is 29.6 Å². The molecule has 6 nitrogen and oxygen atoms in total. The summed E-state index contributed by atoms with van der Waals surface area (Å²) in [7, 11) is 0. The molecule has 4 aromatic rings. The van der Waals surface area contributed by atoms with Gasteiger partial charge in [-0.15, -0.1) is 0 Å². The van der Waals surface area contributed by atoms with E-state index in [0.29, 0.717) is 33.5 Å². The summed E-state index contributed by atoms with van der Waals surface area (Å²) in [6, 6.07) is 19.5. The number of rotatable bonds is 9. The number of Topliss-reactive ketones (excluding diaryl/α,β-unsaturated/α-hetero) is 1. The average Bonchev–Trinajstić information content (AvgIpc) is 3.25. The number of carboxylic acid groups (broad SMARTS) is 1. The fourth-order valence-corrected chi connectivity index (χ4v) is 4.70. The van der Waals surface area contributed by atoms with Gasteiger partial charge in [-0.1, -0.05) is 55.2 Å². The summed E-state index contributed by atoms with van der Waals surface area (Å²) in [6.45, 7) is 4.07. The number of nitrogens with zero attached hydrogens (tertiary/aromatic N) is 1. The second-order valence-electron chi connectivity index (χ2n) is 8.97. The number of halogens is 2. The molecule has 8 heteroatoms. The largest absolute Gasteiger partial charge is 0.489 e. The van der Waals surface area contributed by atoms with Crippen LogP contribution in [0.2, 0.25) is 10.0 Å². The second kappa shape index (κ2) is 11.1. The highest BCUT2D eigenvalue weighted by molar-refractivity contribution is 6.37. The maximum atomic E-state index is 13.0. The SMILES string of the molecule is CC(C)C(=O)/C(COc1ccc2c(ccn2Cc2cccc(C(=O)O)c2)c1)=C(\N)c1c(Cl)cccc1Cl. The van der Waals surface area contributed by atoms with Crippen LogP contribution < -0.4 is 10.5 Å². The smallest absolute Gasteiger partial charge is 0.335 e. The van der Waals surface area contributed by atoms with Crippen LogP contribution in [0.4, 0.5) is 0 Å². The van der Waals surface area contributed by atoms with Crippen LogP contribution in [0, 0.1) is 5.92 Å². The van der Waals surface area contributed by atoms with Crippen LogP contribution in [0.5, 0.6) is 5.75 Å². The Morgan fingerprint density at radius 2 is 1.70 bits per heavy atom. The minimum Gasteiger partial charge on any atom is -0.489 e. The van der Waals surface area contributed by atoms with Crippen LogP contribution in [0.15, 0.2) is 78.5 Å². The molecule has 0 bridgehead atoms. The summed E-state index contributed by atoms with van der Waals surface area (Å²) in [6.07, 6.45) is 1.94. The van der Waals surface area contributed by atoms with Crippen molar-refractivity contribution in [2.75, 3.05) is 6.61 Å². The van der Waals surface area contributed by atoms with Crippen molar-refractivity contribution in [3.05, 3.63) is 105 Å². The van der Waals surface area contributed by atoms with Gasteiger partial charge in [-0.25, -0.2) is 4.79 Å². The van der Waals surface area contributed by atoms with Crippen molar-refractivity contribution in [2.45, 2.75) is 20.4 Å². The predicted molar refractivity (Wildman–Crippen MR) is 147 cm³/mol. The number of aromatic nitrogens is 1. The molecule has 37 heavy (non-hydrogen) atoms. The monoisotopic (exact) mass is 536 g/mol. The number of nitrogens with two attached hydrogens (primary N) is 1. The fraction of sp³-hybridized carbons (Fsp3) is 0.172. The molecule has 1 heterocycles. The van der Waals surface area contributed by atoms with E-state index in [1.165, 1.54) is 0 Å². The maximum Gasteiger partial charge on any atom is 0.335 e. The van der Waals surface area contributed by atoms with E-state index < -0.39 is 5.97 Å². The summed E-state index contributed by atoms with van der Waals surface area (Å²) in [5.74, 6) is -0.827. The number of ketones is 1. The number of carbonyl (C=O) groups excluding carboxylic acids is 1. The average molecular weight is 537 g/mol. The zero-order chi connectivity index (χ0) is 26.7. The van der Waals surface area contributed by atoms with E-state index in [4.69, 9.17) is 33.7 Å². The van der Waals surface area contributed by atoms with Gasteiger partial charge >= 0.3 is 5.97 Å². The molecule has 0 spiro atoms. The van der Waals surface area contributed by atoms with Crippen LogP contribution in [0.1, 0.15) is 35.3 Å². The molecule has 0 atom stereocenters. The van der Waals surface area contributed by atoms with Crippen LogP contribution in [-0.2, 0) is 11.3 Å². The lowest BCUT2D eigenvalue weighted by molar-refractivity contribution is -0.118. The number of carbonyl (C=O) groups is 2. The van der Waals surface area contributed by atoms with Crippen molar-refractivity contribution in [2.24, 2.45) is 11.7 Å². The lowest BCUT2D eigenvalue weighted by Crippen LogP contribution is -2.21. The Labute approximate surface area is 224 Å². The van der Waals surface area contributed by atoms with Gasteiger partial charge in [0.15, 0.2) is 5.78 Å². The third-order valence-corrected chi connectivity index (χ3v) is 6.66. The molecule has 0 amide bonds. The molecule has 0 fully saturated rings. The van der Waals surface area contributed by atoms with Crippen molar-refractivity contribution in [1.82, 2.24) is 4.57 Å². The van der Waals surface area contributed by atoms with E-state index >= 15 is 0 Å². The first kappa shape index (κ1) is 26.3. The third kappa shape index (κ3) is 5.82. The maximum absolute atomic E-state index is 13.0. The Bertz CT molecular complexity index is 1500. The number of aromatic carboxylic acids is 1. The lowest BCUT2D eigenvalue weighted by Gasteiger charge is -2.16.